The quantitative estimate of drug-likeness (QED) is 0.599. The Morgan fingerprint density at radius 1 is 1.36 bits per heavy atom. The van der Waals surface area contributed by atoms with Gasteiger partial charge in [-0.25, -0.2) is 18.2 Å². The number of amides is 4. The van der Waals surface area contributed by atoms with Crippen LogP contribution in [0.2, 0.25) is 0 Å². The van der Waals surface area contributed by atoms with Gasteiger partial charge >= 0.3 is 6.03 Å². The predicted octanol–water partition coefficient (Wildman–Crippen LogP) is -0.323. The van der Waals surface area contributed by atoms with Gasteiger partial charge in [0, 0.05) is 25.2 Å². The standard InChI is InChI=1S/C15H19N5O6S2/c1-8-10(13(22)20(2)14(23)16-8)5-12-18-19-15(26-12)27-6-11(21)17-9-3-4-28(24,25)7-9/h9-10H,3-7H2,1-2H3,(H,17,21). The minimum atomic E-state index is -3.06. The Balaban J connectivity index is 1.52. The monoisotopic (exact) mass is 429 g/mol. The van der Waals surface area contributed by atoms with Crippen molar-refractivity contribution in [1.29, 1.82) is 0 Å². The molecule has 3 heterocycles. The van der Waals surface area contributed by atoms with Crippen LogP contribution in [0.15, 0.2) is 14.6 Å². The van der Waals surface area contributed by atoms with E-state index in [4.69, 9.17) is 4.42 Å². The summed E-state index contributed by atoms with van der Waals surface area (Å²) in [4.78, 5) is 40.4. The van der Waals surface area contributed by atoms with Crippen LogP contribution < -0.4 is 5.32 Å². The average molecular weight is 429 g/mol. The second kappa shape index (κ2) is 7.99. The summed E-state index contributed by atoms with van der Waals surface area (Å²) in [5.41, 5.74) is 0.381. The summed E-state index contributed by atoms with van der Waals surface area (Å²) in [7, 11) is -1.70. The van der Waals surface area contributed by atoms with Crippen LogP contribution >= 0.6 is 11.8 Å². The Morgan fingerprint density at radius 2 is 2.11 bits per heavy atom. The second-order valence-corrected chi connectivity index (χ2v) is 9.76. The average Bonchev–Trinajstić information content (AvgIpc) is 3.21. The highest BCUT2D eigenvalue weighted by molar-refractivity contribution is 7.99. The minimum absolute atomic E-state index is 0.00172. The van der Waals surface area contributed by atoms with Gasteiger partial charge in [0.15, 0.2) is 9.84 Å². The number of nitrogens with one attached hydrogen (secondary N) is 1. The molecule has 2 atom stereocenters. The molecule has 0 radical (unpaired) electrons. The third kappa shape index (κ3) is 4.76. The Kier molecular flexibility index (Phi) is 5.84. The number of carbonyl (C=O) groups is 3. The fraction of sp³-hybridized carbons (Fsp3) is 0.600. The number of carbonyl (C=O) groups excluding carboxylic acids is 3. The fourth-order valence-corrected chi connectivity index (χ4v) is 5.17. The molecule has 11 nitrogen and oxygen atoms in total. The zero-order valence-corrected chi connectivity index (χ0v) is 16.9. The van der Waals surface area contributed by atoms with Gasteiger partial charge in [0.2, 0.25) is 17.7 Å². The molecule has 2 aliphatic heterocycles. The minimum Gasteiger partial charge on any atom is -0.416 e. The molecule has 0 saturated carbocycles. The molecular formula is C15H19N5O6S2. The van der Waals surface area contributed by atoms with E-state index >= 15 is 0 Å². The van der Waals surface area contributed by atoms with Gasteiger partial charge in [-0.1, -0.05) is 11.8 Å². The highest BCUT2D eigenvalue weighted by Crippen LogP contribution is 2.21. The Morgan fingerprint density at radius 3 is 2.79 bits per heavy atom. The number of aliphatic imine (C=N–C) groups is 1. The van der Waals surface area contributed by atoms with E-state index in [1.54, 1.807) is 6.92 Å². The van der Waals surface area contributed by atoms with Crippen molar-refractivity contribution < 1.29 is 27.2 Å². The topological polar surface area (TPSA) is 152 Å². The van der Waals surface area contributed by atoms with Crippen LogP contribution in [0, 0.1) is 5.92 Å². The van der Waals surface area contributed by atoms with Gasteiger partial charge < -0.3 is 9.73 Å². The van der Waals surface area contributed by atoms with Crippen molar-refractivity contribution >= 4 is 45.2 Å². The van der Waals surface area contributed by atoms with Crippen molar-refractivity contribution in [3.8, 4) is 0 Å². The van der Waals surface area contributed by atoms with E-state index in [2.05, 4.69) is 20.5 Å². The first-order chi connectivity index (χ1) is 13.1. The number of urea groups is 1. The maximum atomic E-state index is 12.2. The summed E-state index contributed by atoms with van der Waals surface area (Å²) in [5, 5.41) is 10.5. The summed E-state index contributed by atoms with van der Waals surface area (Å²) < 4.78 is 28.3. The lowest BCUT2D eigenvalue weighted by Crippen LogP contribution is -2.44. The van der Waals surface area contributed by atoms with Crippen molar-refractivity contribution in [3.63, 3.8) is 0 Å². The number of hydrogen-bond acceptors (Lipinski definition) is 9. The third-order valence-corrected chi connectivity index (χ3v) is 7.03. The van der Waals surface area contributed by atoms with Crippen molar-refractivity contribution in [1.82, 2.24) is 20.4 Å². The van der Waals surface area contributed by atoms with E-state index in [0.29, 0.717) is 12.1 Å². The van der Waals surface area contributed by atoms with Gasteiger partial charge in [0.25, 0.3) is 5.22 Å². The second-order valence-electron chi connectivity index (χ2n) is 6.61. The largest absolute Gasteiger partial charge is 0.416 e. The lowest BCUT2D eigenvalue weighted by atomic mass is 9.97. The molecule has 152 valence electrons. The van der Waals surface area contributed by atoms with Crippen LogP contribution in [0.25, 0.3) is 0 Å². The first-order valence-electron chi connectivity index (χ1n) is 8.46. The number of aromatic nitrogens is 2. The maximum absolute atomic E-state index is 12.2. The van der Waals surface area contributed by atoms with E-state index in [1.165, 1.54) is 7.05 Å². The highest BCUT2D eigenvalue weighted by atomic mass is 32.2. The molecule has 28 heavy (non-hydrogen) atoms. The van der Waals surface area contributed by atoms with Gasteiger partial charge in [-0.2, -0.15) is 0 Å². The lowest BCUT2D eigenvalue weighted by Gasteiger charge is -2.24. The molecule has 2 unspecified atom stereocenters. The van der Waals surface area contributed by atoms with Crippen molar-refractivity contribution in [3.05, 3.63) is 5.89 Å². The Labute approximate surface area is 165 Å². The molecule has 1 fully saturated rings. The number of imide groups is 1. The first kappa shape index (κ1) is 20.5. The van der Waals surface area contributed by atoms with Crippen molar-refractivity contribution in [2.24, 2.45) is 10.9 Å². The number of sulfone groups is 1. The summed E-state index contributed by atoms with van der Waals surface area (Å²) in [6.45, 7) is 1.59. The van der Waals surface area contributed by atoms with Gasteiger partial charge in [-0.15, -0.1) is 10.2 Å². The first-order valence-corrected chi connectivity index (χ1v) is 11.3. The smallest absolute Gasteiger partial charge is 0.349 e. The number of nitrogens with zero attached hydrogens (tertiary/aromatic N) is 4. The van der Waals surface area contributed by atoms with E-state index in [1.807, 2.05) is 0 Å². The van der Waals surface area contributed by atoms with Gasteiger partial charge in [0.05, 0.1) is 23.2 Å². The highest BCUT2D eigenvalue weighted by Gasteiger charge is 2.34. The van der Waals surface area contributed by atoms with E-state index in [0.717, 1.165) is 16.7 Å². The SMILES string of the molecule is CC1=NC(=O)N(C)C(=O)C1Cc1nnc(SCC(=O)NC2CCS(=O)(=O)C2)o1. The third-order valence-electron chi connectivity index (χ3n) is 4.44. The van der Waals surface area contributed by atoms with Crippen LogP contribution in [0.4, 0.5) is 4.79 Å². The summed E-state index contributed by atoms with van der Waals surface area (Å²) in [6, 6.07) is -0.975. The Bertz CT molecular complexity index is 940. The normalized spacial score (nSPS) is 24.4. The van der Waals surface area contributed by atoms with E-state index in [-0.39, 0.29) is 46.7 Å². The fourth-order valence-electron chi connectivity index (χ4n) is 2.90. The zero-order chi connectivity index (χ0) is 20.5. The van der Waals surface area contributed by atoms with Crippen LogP contribution in [0.1, 0.15) is 19.2 Å². The summed E-state index contributed by atoms with van der Waals surface area (Å²) in [5.74, 6) is -1.14. The molecule has 0 bridgehead atoms. The molecule has 0 spiro atoms. The molecule has 3 rings (SSSR count). The van der Waals surface area contributed by atoms with Crippen LogP contribution in [0.3, 0.4) is 0 Å². The number of hydrogen-bond donors (Lipinski definition) is 1. The van der Waals surface area contributed by atoms with Gasteiger partial charge in [-0.3, -0.25) is 14.5 Å². The van der Waals surface area contributed by atoms with Crippen LogP contribution in [0.5, 0.6) is 0 Å². The number of rotatable bonds is 6. The van der Waals surface area contributed by atoms with E-state index < -0.39 is 27.7 Å². The Hall–Kier alpha value is -2.28. The molecule has 2 aliphatic rings. The zero-order valence-electron chi connectivity index (χ0n) is 15.2. The summed E-state index contributed by atoms with van der Waals surface area (Å²) in [6.07, 6.45) is 0.516. The molecule has 1 saturated heterocycles. The van der Waals surface area contributed by atoms with Crippen molar-refractivity contribution in [2.75, 3.05) is 24.3 Å². The lowest BCUT2D eigenvalue weighted by molar-refractivity contribution is -0.129. The van der Waals surface area contributed by atoms with E-state index in [9.17, 15) is 22.8 Å². The van der Waals surface area contributed by atoms with Crippen LogP contribution in [-0.2, 0) is 25.8 Å². The molecule has 13 heteroatoms. The summed E-state index contributed by atoms with van der Waals surface area (Å²) >= 11 is 1.02. The molecular weight excluding hydrogens is 410 g/mol. The maximum Gasteiger partial charge on any atom is 0.349 e. The molecule has 0 aliphatic carbocycles. The molecule has 0 aromatic carbocycles. The molecule has 4 amide bonds. The molecule has 1 aromatic heterocycles. The molecule has 1 aromatic rings. The van der Waals surface area contributed by atoms with Gasteiger partial charge in [0.1, 0.15) is 0 Å². The van der Waals surface area contributed by atoms with Crippen molar-refractivity contribution in [2.45, 2.75) is 31.0 Å². The number of thioether (sulfide) groups is 1. The van der Waals surface area contributed by atoms with Gasteiger partial charge in [-0.05, 0) is 13.3 Å². The predicted molar refractivity (Wildman–Crippen MR) is 98.7 cm³/mol. The molecule has 1 N–H and O–H groups in total. The van der Waals surface area contributed by atoms with Crippen LogP contribution in [-0.4, -0.2) is 77.4 Å².